The molecule has 8 heteroatoms. The minimum absolute atomic E-state index is 0.0321. The molecule has 2 aliphatic heterocycles. The van der Waals surface area contributed by atoms with Crippen molar-refractivity contribution < 1.29 is 14.2 Å². The zero-order valence-corrected chi connectivity index (χ0v) is 17.0. The van der Waals surface area contributed by atoms with E-state index in [0.717, 1.165) is 26.6 Å². The van der Waals surface area contributed by atoms with E-state index in [1.165, 1.54) is 8.05 Å². The first-order valence-electron chi connectivity index (χ1n) is 9.08. The number of hydrogen-bond donors (Lipinski definition) is 0. The number of cyclic esters (lactones) is 1. The number of benzene rings is 1. The highest BCUT2D eigenvalue weighted by atomic mass is 79.9. The molecule has 2 aromatic heterocycles. The molecule has 0 amide bonds. The van der Waals surface area contributed by atoms with Gasteiger partial charge in [0.1, 0.15) is 6.61 Å². The highest BCUT2D eigenvalue weighted by Gasteiger charge is 2.46. The van der Waals surface area contributed by atoms with Crippen LogP contribution in [0.2, 0.25) is 0 Å². The fourth-order valence-corrected chi connectivity index (χ4v) is 4.76. The van der Waals surface area contributed by atoms with Gasteiger partial charge in [-0.1, -0.05) is 28.9 Å². The molecule has 0 saturated carbocycles. The summed E-state index contributed by atoms with van der Waals surface area (Å²) >= 11 is 3.57. The maximum atomic E-state index is 13.2. The molecular weight excluding hydrogens is 423 g/mol. The normalized spacial score (nSPS) is 19.9. The predicted octanol–water partition coefficient (Wildman–Crippen LogP) is 2.41. The molecule has 0 unspecified atom stereocenters. The van der Waals surface area contributed by atoms with Gasteiger partial charge in [-0.05, 0) is 30.7 Å². The molecule has 140 valence electrons. The van der Waals surface area contributed by atoms with Crippen LogP contribution in [0.4, 0.5) is 0 Å². The first-order valence-corrected chi connectivity index (χ1v) is 9.87. The first kappa shape index (κ1) is 17.6. The first-order chi connectivity index (χ1) is 13.5. The van der Waals surface area contributed by atoms with Gasteiger partial charge < -0.3 is 14.0 Å². The SMILES string of the molecule is BO[C@]1(CC)C(=O)OCc2c1cc1n(c2=O)Cc2cc3c(Br)cccc3nc2-1. The number of nitrogens with zero attached hydrogens (tertiary/aromatic N) is 2. The molecule has 0 saturated heterocycles. The Balaban J connectivity index is 1.81. The number of fused-ring (bicyclic) bond motifs is 5. The van der Waals surface area contributed by atoms with E-state index in [2.05, 4.69) is 22.0 Å². The van der Waals surface area contributed by atoms with Crippen LogP contribution in [0.15, 0.2) is 39.6 Å². The van der Waals surface area contributed by atoms with Gasteiger partial charge in [-0.25, -0.2) is 9.78 Å². The van der Waals surface area contributed by atoms with E-state index >= 15 is 0 Å². The zero-order valence-electron chi connectivity index (χ0n) is 15.4. The molecule has 2 aliphatic rings. The summed E-state index contributed by atoms with van der Waals surface area (Å²) in [5.74, 6) is -0.456. The predicted molar refractivity (Wildman–Crippen MR) is 110 cm³/mol. The number of rotatable bonds is 2. The second-order valence-corrected chi connectivity index (χ2v) is 7.93. The quantitative estimate of drug-likeness (QED) is 0.355. The van der Waals surface area contributed by atoms with Crippen molar-refractivity contribution in [2.75, 3.05) is 0 Å². The third kappa shape index (κ3) is 2.16. The molecule has 0 fully saturated rings. The molecule has 0 bridgehead atoms. The van der Waals surface area contributed by atoms with Crippen molar-refractivity contribution in [3.63, 3.8) is 0 Å². The van der Waals surface area contributed by atoms with E-state index in [1.807, 2.05) is 31.2 Å². The number of halogens is 1. The molecular formula is C20H16BBrN2O4. The highest BCUT2D eigenvalue weighted by molar-refractivity contribution is 9.10. The molecule has 1 aromatic carbocycles. The average molecular weight is 439 g/mol. The summed E-state index contributed by atoms with van der Waals surface area (Å²) in [7, 11) is 1.47. The molecule has 0 radical (unpaired) electrons. The highest BCUT2D eigenvalue weighted by Crippen LogP contribution is 2.40. The smallest absolute Gasteiger partial charge is 0.341 e. The molecule has 3 aromatic rings. The summed E-state index contributed by atoms with van der Waals surface area (Å²) in [4.78, 5) is 30.6. The number of esters is 1. The fraction of sp³-hybridized carbons (Fsp3) is 0.250. The number of hydrogen-bond acceptors (Lipinski definition) is 5. The second-order valence-electron chi connectivity index (χ2n) is 7.08. The maximum absolute atomic E-state index is 13.2. The summed E-state index contributed by atoms with van der Waals surface area (Å²) in [5, 5.41) is 1.00. The number of carbonyl (C=O) groups excluding carboxylic acids is 1. The van der Waals surface area contributed by atoms with E-state index in [1.54, 1.807) is 4.57 Å². The monoisotopic (exact) mass is 438 g/mol. The van der Waals surface area contributed by atoms with E-state index in [4.69, 9.17) is 14.4 Å². The standard InChI is InChI=1S/C20H16BBrN2O4/c1-2-20(28-21)13-7-16-17-10(6-11-14(22)4-3-5-15(11)23-17)8-24(16)18(25)12(13)9-27-19(20)26/h3-7H,2,8-9,21H2,1H3/t20-/m0/s1. The summed E-state index contributed by atoms with van der Waals surface area (Å²) in [6.07, 6.45) is 0.378. The number of aromatic nitrogens is 2. The van der Waals surface area contributed by atoms with Crippen LogP contribution < -0.4 is 5.56 Å². The van der Waals surface area contributed by atoms with Crippen molar-refractivity contribution in [2.24, 2.45) is 0 Å². The summed E-state index contributed by atoms with van der Waals surface area (Å²) in [6, 6.07) is 9.80. The fourth-order valence-electron chi connectivity index (χ4n) is 4.29. The van der Waals surface area contributed by atoms with Crippen LogP contribution in [0.5, 0.6) is 0 Å². The van der Waals surface area contributed by atoms with E-state index in [9.17, 15) is 9.59 Å². The van der Waals surface area contributed by atoms with Crippen molar-refractivity contribution in [3.8, 4) is 11.4 Å². The minimum Gasteiger partial charge on any atom is -0.458 e. The molecule has 1 atom stereocenters. The van der Waals surface area contributed by atoms with Crippen molar-refractivity contribution in [1.29, 1.82) is 0 Å². The third-order valence-corrected chi connectivity index (χ3v) is 6.51. The zero-order chi connectivity index (χ0) is 19.6. The minimum atomic E-state index is -1.26. The van der Waals surface area contributed by atoms with Gasteiger partial charge >= 0.3 is 5.97 Å². The summed E-state index contributed by atoms with van der Waals surface area (Å²) in [6.45, 7) is 2.26. The summed E-state index contributed by atoms with van der Waals surface area (Å²) in [5.41, 5.74) is 2.96. The van der Waals surface area contributed by atoms with Crippen LogP contribution in [-0.2, 0) is 32.9 Å². The van der Waals surface area contributed by atoms with Gasteiger partial charge in [-0.2, -0.15) is 0 Å². The molecule has 5 rings (SSSR count). The Bertz CT molecular complexity index is 1230. The van der Waals surface area contributed by atoms with Crippen LogP contribution in [0.1, 0.15) is 30.0 Å². The third-order valence-electron chi connectivity index (χ3n) is 5.82. The Morgan fingerprint density at radius 1 is 1.36 bits per heavy atom. The van der Waals surface area contributed by atoms with E-state index in [-0.39, 0.29) is 12.2 Å². The molecule has 0 N–H and O–H groups in total. The van der Waals surface area contributed by atoms with Crippen LogP contribution in [0.25, 0.3) is 22.3 Å². The van der Waals surface area contributed by atoms with Gasteiger partial charge in [0, 0.05) is 21.0 Å². The van der Waals surface area contributed by atoms with Crippen LogP contribution >= 0.6 is 15.9 Å². The van der Waals surface area contributed by atoms with Crippen LogP contribution in [0.3, 0.4) is 0 Å². The number of carbonyl (C=O) groups is 1. The lowest BCUT2D eigenvalue weighted by Crippen LogP contribution is -2.46. The molecule has 4 heterocycles. The van der Waals surface area contributed by atoms with Crippen molar-refractivity contribution in [1.82, 2.24) is 9.55 Å². The number of ether oxygens (including phenoxy) is 1. The topological polar surface area (TPSA) is 70.4 Å². The molecule has 0 aliphatic carbocycles. The lowest BCUT2D eigenvalue weighted by atomic mass is 9.85. The Morgan fingerprint density at radius 2 is 2.18 bits per heavy atom. The Hall–Kier alpha value is -2.45. The van der Waals surface area contributed by atoms with Crippen molar-refractivity contribution in [3.05, 3.63) is 61.8 Å². The van der Waals surface area contributed by atoms with Gasteiger partial charge in [0.05, 0.1) is 29.0 Å². The largest absolute Gasteiger partial charge is 0.458 e. The van der Waals surface area contributed by atoms with Gasteiger partial charge in [0.15, 0.2) is 5.60 Å². The van der Waals surface area contributed by atoms with E-state index in [0.29, 0.717) is 29.8 Å². The molecule has 28 heavy (non-hydrogen) atoms. The Morgan fingerprint density at radius 3 is 2.93 bits per heavy atom. The Kier molecular flexibility index (Phi) is 3.80. The average Bonchev–Trinajstić information content (AvgIpc) is 3.06. The Labute approximate surface area is 170 Å². The van der Waals surface area contributed by atoms with Gasteiger partial charge in [-0.3, -0.25) is 4.79 Å². The maximum Gasteiger partial charge on any atom is 0.341 e. The van der Waals surface area contributed by atoms with Crippen LogP contribution in [0, 0.1) is 0 Å². The van der Waals surface area contributed by atoms with Gasteiger partial charge in [-0.15, -0.1) is 0 Å². The lowest BCUT2D eigenvalue weighted by Gasteiger charge is -2.35. The van der Waals surface area contributed by atoms with Crippen molar-refractivity contribution >= 4 is 40.9 Å². The number of pyridine rings is 2. The van der Waals surface area contributed by atoms with E-state index < -0.39 is 11.6 Å². The lowest BCUT2D eigenvalue weighted by molar-refractivity contribution is -0.168. The molecule has 6 nitrogen and oxygen atoms in total. The van der Waals surface area contributed by atoms with Crippen LogP contribution in [-0.4, -0.2) is 23.6 Å². The van der Waals surface area contributed by atoms with Gasteiger partial charge in [0.25, 0.3) is 13.6 Å². The second kappa shape index (κ2) is 6.02. The van der Waals surface area contributed by atoms with Crippen molar-refractivity contribution in [2.45, 2.75) is 32.1 Å². The van der Waals surface area contributed by atoms with Gasteiger partial charge in [0.2, 0.25) is 0 Å². The summed E-state index contributed by atoms with van der Waals surface area (Å²) < 4.78 is 13.6. The molecule has 0 spiro atoms.